The number of benzene rings is 1. The van der Waals surface area contributed by atoms with E-state index in [1.54, 1.807) is 12.4 Å². The van der Waals surface area contributed by atoms with E-state index in [4.69, 9.17) is 10.3 Å². The van der Waals surface area contributed by atoms with Gasteiger partial charge in [0.2, 0.25) is 0 Å². The van der Waals surface area contributed by atoms with Crippen LogP contribution in [0.4, 0.5) is 5.82 Å². The molecule has 3 aromatic rings. The highest BCUT2D eigenvalue weighted by Gasteiger charge is 2.19. The maximum absolute atomic E-state index is 5.94. The molecule has 20 heavy (non-hydrogen) atoms. The average molecular weight is 330 g/mol. The highest BCUT2D eigenvalue weighted by molar-refractivity contribution is 9.10. The molecule has 4 nitrogen and oxygen atoms in total. The number of rotatable bonds is 2. The first-order valence-electron chi connectivity index (χ1n) is 6.09. The fourth-order valence-electron chi connectivity index (χ4n) is 2.08. The smallest absolute Gasteiger partial charge is 0.178 e. The topological polar surface area (TPSA) is 64.9 Å². The van der Waals surface area contributed by atoms with E-state index in [9.17, 15) is 0 Å². The molecule has 2 heterocycles. The van der Waals surface area contributed by atoms with Crippen molar-refractivity contribution in [2.45, 2.75) is 6.92 Å². The van der Waals surface area contributed by atoms with Gasteiger partial charge in [0.1, 0.15) is 0 Å². The molecule has 2 aromatic heterocycles. The molecule has 5 heteroatoms. The van der Waals surface area contributed by atoms with Gasteiger partial charge in [0.05, 0.1) is 5.56 Å². The van der Waals surface area contributed by atoms with Crippen LogP contribution in [0.15, 0.2) is 51.7 Å². The van der Waals surface area contributed by atoms with Gasteiger partial charge < -0.3 is 10.3 Å². The molecule has 0 atom stereocenters. The van der Waals surface area contributed by atoms with Crippen LogP contribution in [0, 0.1) is 6.92 Å². The van der Waals surface area contributed by atoms with Crippen LogP contribution in [0.3, 0.4) is 0 Å². The van der Waals surface area contributed by atoms with Gasteiger partial charge in [-0.1, -0.05) is 33.2 Å². The second-order valence-electron chi connectivity index (χ2n) is 4.50. The molecule has 0 saturated heterocycles. The Hall–Kier alpha value is -2.14. The minimum Gasteiger partial charge on any atom is -0.380 e. The van der Waals surface area contributed by atoms with Gasteiger partial charge >= 0.3 is 0 Å². The van der Waals surface area contributed by atoms with Gasteiger partial charge in [0.25, 0.3) is 0 Å². The third-order valence-electron chi connectivity index (χ3n) is 3.04. The van der Waals surface area contributed by atoms with Crippen LogP contribution in [0.2, 0.25) is 0 Å². The molecular formula is C15H12BrN3O. The van der Waals surface area contributed by atoms with E-state index in [2.05, 4.69) is 26.1 Å². The molecule has 0 fully saturated rings. The second kappa shape index (κ2) is 5.09. The number of hydrogen-bond donors (Lipinski definition) is 1. The van der Waals surface area contributed by atoms with Gasteiger partial charge in [-0.3, -0.25) is 4.98 Å². The Kier molecular flexibility index (Phi) is 3.28. The van der Waals surface area contributed by atoms with E-state index in [1.165, 1.54) is 0 Å². The summed E-state index contributed by atoms with van der Waals surface area (Å²) in [5.74, 6) is 1.00. The number of nitrogens with zero attached hydrogens (tertiary/aromatic N) is 2. The van der Waals surface area contributed by atoms with Crippen LogP contribution >= 0.6 is 15.9 Å². The van der Waals surface area contributed by atoms with Crippen LogP contribution in [0.1, 0.15) is 5.56 Å². The zero-order chi connectivity index (χ0) is 14.1. The predicted molar refractivity (Wildman–Crippen MR) is 82.0 cm³/mol. The number of aryl methyl sites for hydroxylation is 1. The molecule has 0 bridgehead atoms. The quantitative estimate of drug-likeness (QED) is 0.770. The fraction of sp³-hybridized carbons (Fsp3) is 0.0667. The molecule has 1 aromatic carbocycles. The first-order chi connectivity index (χ1) is 9.66. The summed E-state index contributed by atoms with van der Waals surface area (Å²) >= 11 is 3.56. The summed E-state index contributed by atoms with van der Waals surface area (Å²) in [7, 11) is 0. The lowest BCUT2D eigenvalue weighted by Crippen LogP contribution is -1.89. The Morgan fingerprint density at radius 3 is 2.80 bits per heavy atom. The minimum atomic E-state index is 0.362. The number of aromatic nitrogens is 2. The lowest BCUT2D eigenvalue weighted by Gasteiger charge is -2.05. The molecule has 100 valence electrons. The van der Waals surface area contributed by atoms with E-state index in [1.807, 2.05) is 37.3 Å². The van der Waals surface area contributed by atoms with Crippen molar-refractivity contribution in [2.75, 3.05) is 5.73 Å². The lowest BCUT2D eigenvalue weighted by molar-refractivity contribution is 0.436. The Balaban J connectivity index is 2.21. The van der Waals surface area contributed by atoms with Crippen LogP contribution < -0.4 is 5.73 Å². The summed E-state index contributed by atoms with van der Waals surface area (Å²) < 4.78 is 6.37. The summed E-state index contributed by atoms with van der Waals surface area (Å²) in [5.41, 5.74) is 9.67. The summed E-state index contributed by atoms with van der Waals surface area (Å²) in [6, 6.07) is 9.82. The molecule has 0 aliphatic carbocycles. The molecule has 2 N–H and O–H groups in total. The monoisotopic (exact) mass is 329 g/mol. The Morgan fingerprint density at radius 2 is 2.10 bits per heavy atom. The molecule has 0 aliphatic rings. The molecule has 0 saturated carbocycles. The molecule has 0 spiro atoms. The number of nitrogens with two attached hydrogens (primary N) is 1. The van der Waals surface area contributed by atoms with Gasteiger partial charge in [-0.05, 0) is 30.7 Å². The van der Waals surface area contributed by atoms with Crippen LogP contribution in [-0.2, 0) is 0 Å². The van der Waals surface area contributed by atoms with E-state index < -0.39 is 0 Å². The molecular weight excluding hydrogens is 318 g/mol. The van der Waals surface area contributed by atoms with Crippen LogP contribution in [0.5, 0.6) is 0 Å². The fourth-order valence-corrected chi connectivity index (χ4v) is 2.75. The Bertz CT molecular complexity index is 753. The second-order valence-corrected chi connectivity index (χ2v) is 5.35. The van der Waals surface area contributed by atoms with E-state index >= 15 is 0 Å². The van der Waals surface area contributed by atoms with Crippen LogP contribution in [0.25, 0.3) is 22.5 Å². The van der Waals surface area contributed by atoms with Crippen molar-refractivity contribution >= 4 is 21.7 Å². The Labute approximate surface area is 124 Å². The van der Waals surface area contributed by atoms with Crippen molar-refractivity contribution in [3.05, 3.63) is 52.8 Å². The van der Waals surface area contributed by atoms with E-state index in [-0.39, 0.29) is 0 Å². The van der Waals surface area contributed by atoms with Gasteiger partial charge in [-0.25, -0.2) is 0 Å². The van der Waals surface area contributed by atoms with Crippen molar-refractivity contribution in [1.82, 2.24) is 10.1 Å². The summed E-state index contributed by atoms with van der Waals surface area (Å²) in [5, 5.41) is 3.89. The highest BCUT2D eigenvalue weighted by Crippen LogP contribution is 2.39. The van der Waals surface area contributed by atoms with Crippen molar-refractivity contribution in [1.29, 1.82) is 0 Å². The molecule has 3 rings (SSSR count). The lowest BCUT2D eigenvalue weighted by atomic mass is 10.0. The number of pyridine rings is 1. The molecule has 0 aliphatic heterocycles. The van der Waals surface area contributed by atoms with Gasteiger partial charge in [0, 0.05) is 28.0 Å². The molecule has 0 unspecified atom stereocenters. The maximum Gasteiger partial charge on any atom is 0.178 e. The summed E-state index contributed by atoms with van der Waals surface area (Å²) in [4.78, 5) is 4.12. The number of nitrogen functional groups attached to an aromatic ring is 1. The zero-order valence-electron chi connectivity index (χ0n) is 10.8. The predicted octanol–water partition coefficient (Wildman–Crippen LogP) is 4.06. The number of halogens is 1. The number of hydrogen-bond acceptors (Lipinski definition) is 4. The summed E-state index contributed by atoms with van der Waals surface area (Å²) in [6.45, 7) is 2.03. The van der Waals surface area contributed by atoms with Crippen LogP contribution in [-0.4, -0.2) is 10.1 Å². The summed E-state index contributed by atoms with van der Waals surface area (Å²) in [6.07, 6.45) is 3.46. The van der Waals surface area contributed by atoms with Crippen molar-refractivity contribution in [3.8, 4) is 22.5 Å². The maximum atomic E-state index is 5.94. The Morgan fingerprint density at radius 1 is 1.25 bits per heavy atom. The minimum absolute atomic E-state index is 0.362. The third kappa shape index (κ3) is 2.20. The highest BCUT2D eigenvalue weighted by atomic mass is 79.9. The SMILES string of the molecule is Cc1ccc(-c2onc(N)c2-c2cccnc2)c(Br)c1. The molecule has 0 radical (unpaired) electrons. The third-order valence-corrected chi connectivity index (χ3v) is 3.69. The average Bonchev–Trinajstić information content (AvgIpc) is 2.81. The van der Waals surface area contributed by atoms with Crippen molar-refractivity contribution < 1.29 is 4.52 Å². The van der Waals surface area contributed by atoms with Crippen molar-refractivity contribution in [3.63, 3.8) is 0 Å². The van der Waals surface area contributed by atoms with Gasteiger partial charge in [0.15, 0.2) is 11.6 Å². The zero-order valence-corrected chi connectivity index (χ0v) is 12.4. The normalized spacial score (nSPS) is 10.7. The van der Waals surface area contributed by atoms with Crippen molar-refractivity contribution in [2.24, 2.45) is 0 Å². The number of anilines is 1. The largest absolute Gasteiger partial charge is 0.380 e. The van der Waals surface area contributed by atoms with Gasteiger partial charge in [-0.15, -0.1) is 0 Å². The van der Waals surface area contributed by atoms with Gasteiger partial charge in [-0.2, -0.15) is 0 Å². The van der Waals surface area contributed by atoms with E-state index in [0.717, 1.165) is 26.7 Å². The first kappa shape index (κ1) is 12.9. The van der Waals surface area contributed by atoms with E-state index in [0.29, 0.717) is 11.6 Å². The standard InChI is InChI=1S/C15H12BrN3O/c1-9-4-5-11(12(16)7-9)14-13(15(17)19-20-14)10-3-2-6-18-8-10/h2-8H,1H3,(H2,17,19). The molecule has 0 amide bonds. The first-order valence-corrected chi connectivity index (χ1v) is 6.88.